The van der Waals surface area contributed by atoms with Crippen LogP contribution >= 0.6 is 0 Å². The number of aromatic hydroxyl groups is 1. The summed E-state index contributed by atoms with van der Waals surface area (Å²) in [5.74, 6) is -2.30. The summed E-state index contributed by atoms with van der Waals surface area (Å²) in [4.78, 5) is 37.6. The van der Waals surface area contributed by atoms with E-state index in [-0.39, 0.29) is 42.4 Å². The number of amides is 1. The van der Waals surface area contributed by atoms with Crippen molar-refractivity contribution in [1.29, 1.82) is 0 Å². The number of rotatable bonds is 6. The zero-order valence-electron chi connectivity index (χ0n) is 16.6. The third kappa shape index (κ3) is 5.48. The molecule has 0 radical (unpaired) electrons. The minimum Gasteiger partial charge on any atom is -0.494 e. The fourth-order valence-corrected chi connectivity index (χ4v) is 4.56. The number of pyridine rings is 1. The van der Waals surface area contributed by atoms with Gasteiger partial charge in [-0.25, -0.2) is 13.2 Å². The molecule has 2 aromatic rings. The predicted octanol–water partition coefficient (Wildman–Crippen LogP) is 0.205. The number of aromatic amines is 1. The van der Waals surface area contributed by atoms with Gasteiger partial charge in [-0.3, -0.25) is 14.6 Å². The van der Waals surface area contributed by atoms with E-state index in [4.69, 9.17) is 9.47 Å². The van der Waals surface area contributed by atoms with E-state index >= 15 is 0 Å². The Balaban J connectivity index is 1.73. The minimum absolute atomic E-state index is 0.0481. The van der Waals surface area contributed by atoms with Gasteiger partial charge in [0, 0.05) is 25.2 Å². The molecular formula is C19H21N3O8S. The second-order valence-electron chi connectivity index (χ2n) is 6.76. The van der Waals surface area contributed by atoms with E-state index in [0.717, 1.165) is 12.1 Å². The maximum absolute atomic E-state index is 13.0. The number of morpholine rings is 1. The molecule has 1 aromatic carbocycles. The second-order valence-corrected chi connectivity index (χ2v) is 8.67. The third-order valence-corrected chi connectivity index (χ3v) is 6.34. The first kappa shape index (κ1) is 22.5. The Hall–Kier alpha value is -3.22. The first-order valence-corrected chi connectivity index (χ1v) is 10.7. The van der Waals surface area contributed by atoms with Crippen molar-refractivity contribution in [2.45, 2.75) is 11.8 Å². The number of carbonyl (C=O) groups excluding carboxylic acids is 2. The van der Waals surface area contributed by atoms with E-state index in [0.29, 0.717) is 5.56 Å². The number of ether oxygens (including phenoxy) is 2. The molecule has 1 amide bonds. The number of sulfonamides is 1. The Morgan fingerprint density at radius 2 is 1.94 bits per heavy atom. The van der Waals surface area contributed by atoms with E-state index in [9.17, 15) is 27.9 Å². The number of carbonyl (C=O) groups is 2. The Kier molecular flexibility index (Phi) is 6.73. The molecule has 166 valence electrons. The Morgan fingerprint density at radius 1 is 1.23 bits per heavy atom. The Bertz CT molecular complexity index is 1150. The molecular weight excluding hydrogens is 430 g/mol. The Morgan fingerprint density at radius 3 is 2.61 bits per heavy atom. The molecule has 11 nitrogen and oxygen atoms in total. The molecule has 2 heterocycles. The topological polar surface area (TPSA) is 155 Å². The normalized spacial score (nSPS) is 14.7. The minimum atomic E-state index is -3.88. The highest BCUT2D eigenvalue weighted by atomic mass is 32.2. The number of hydrogen-bond donors (Lipinski definition) is 3. The molecule has 1 aliphatic heterocycles. The highest BCUT2D eigenvalue weighted by Crippen LogP contribution is 2.26. The van der Waals surface area contributed by atoms with Gasteiger partial charge in [0.15, 0.2) is 12.5 Å². The fourth-order valence-electron chi connectivity index (χ4n) is 2.92. The number of aryl methyl sites for hydroxylation is 1. The first-order valence-electron chi connectivity index (χ1n) is 9.25. The molecule has 0 aliphatic carbocycles. The molecule has 1 aliphatic rings. The van der Waals surface area contributed by atoms with Gasteiger partial charge in [0.25, 0.3) is 11.5 Å². The number of nitrogens with zero attached hydrogens (tertiary/aromatic N) is 1. The number of esters is 1. The lowest BCUT2D eigenvalue weighted by molar-refractivity contribution is -0.119. The predicted molar refractivity (Wildman–Crippen MR) is 108 cm³/mol. The van der Waals surface area contributed by atoms with Crippen LogP contribution < -0.4 is 10.9 Å². The molecule has 0 bridgehead atoms. The largest absolute Gasteiger partial charge is 0.494 e. The smallest absolute Gasteiger partial charge is 0.339 e. The highest BCUT2D eigenvalue weighted by molar-refractivity contribution is 7.89. The number of benzene rings is 1. The number of aromatic nitrogens is 1. The van der Waals surface area contributed by atoms with Crippen molar-refractivity contribution >= 4 is 27.6 Å². The maximum Gasteiger partial charge on any atom is 0.339 e. The fraction of sp³-hybridized carbons (Fsp3) is 0.316. The van der Waals surface area contributed by atoms with Gasteiger partial charge in [-0.05, 0) is 24.6 Å². The van der Waals surface area contributed by atoms with Crippen molar-refractivity contribution in [1.82, 2.24) is 9.29 Å². The van der Waals surface area contributed by atoms with Gasteiger partial charge in [0.2, 0.25) is 10.0 Å². The Labute approximate surface area is 177 Å². The van der Waals surface area contributed by atoms with Crippen LogP contribution in [0.2, 0.25) is 0 Å². The SMILES string of the molecule is Cc1ccc(NC(=O)COC(=O)c2cc(O)[nH]c(=O)c2)c(S(=O)(=O)N2CCOCC2)c1. The molecule has 1 fully saturated rings. The zero-order chi connectivity index (χ0) is 22.6. The number of H-pyrrole nitrogens is 1. The van der Waals surface area contributed by atoms with Gasteiger partial charge in [-0.1, -0.05) is 6.07 Å². The van der Waals surface area contributed by atoms with Crippen molar-refractivity contribution in [3.8, 4) is 5.88 Å². The maximum atomic E-state index is 13.0. The molecule has 0 saturated carbocycles. The summed E-state index contributed by atoms with van der Waals surface area (Å²) in [6, 6.07) is 6.43. The lowest BCUT2D eigenvalue weighted by Crippen LogP contribution is -2.41. The average molecular weight is 451 g/mol. The first-order chi connectivity index (χ1) is 14.7. The summed E-state index contributed by atoms with van der Waals surface area (Å²) in [6.07, 6.45) is 0. The van der Waals surface area contributed by atoms with E-state index in [2.05, 4.69) is 10.3 Å². The van der Waals surface area contributed by atoms with Gasteiger partial charge >= 0.3 is 5.97 Å². The molecule has 12 heteroatoms. The van der Waals surface area contributed by atoms with Crippen LogP contribution in [0.4, 0.5) is 5.69 Å². The summed E-state index contributed by atoms with van der Waals surface area (Å²) >= 11 is 0. The average Bonchev–Trinajstić information content (AvgIpc) is 2.73. The quantitative estimate of drug-likeness (QED) is 0.526. The zero-order valence-corrected chi connectivity index (χ0v) is 17.4. The van der Waals surface area contributed by atoms with E-state index in [1.54, 1.807) is 13.0 Å². The van der Waals surface area contributed by atoms with Crippen molar-refractivity contribution in [2.75, 3.05) is 38.2 Å². The van der Waals surface area contributed by atoms with E-state index < -0.39 is 39.9 Å². The molecule has 3 rings (SSSR count). The monoisotopic (exact) mass is 451 g/mol. The summed E-state index contributed by atoms with van der Waals surface area (Å²) in [5.41, 5.74) is -0.216. The number of anilines is 1. The van der Waals surface area contributed by atoms with Crippen LogP contribution in [0.15, 0.2) is 40.0 Å². The van der Waals surface area contributed by atoms with Gasteiger partial charge < -0.3 is 19.9 Å². The molecule has 0 spiro atoms. The van der Waals surface area contributed by atoms with Crippen LogP contribution in [0.3, 0.4) is 0 Å². The van der Waals surface area contributed by atoms with Gasteiger partial charge in [0.1, 0.15) is 4.90 Å². The molecule has 0 unspecified atom stereocenters. The van der Waals surface area contributed by atoms with E-state index in [1.165, 1.54) is 16.4 Å². The third-order valence-electron chi connectivity index (χ3n) is 4.40. The van der Waals surface area contributed by atoms with E-state index in [1.807, 2.05) is 0 Å². The van der Waals surface area contributed by atoms with Crippen molar-refractivity contribution in [2.24, 2.45) is 0 Å². The van der Waals surface area contributed by atoms with Crippen LogP contribution in [0.1, 0.15) is 15.9 Å². The van der Waals surface area contributed by atoms with Crippen LogP contribution in [0.25, 0.3) is 0 Å². The summed E-state index contributed by atoms with van der Waals surface area (Å²) in [7, 11) is -3.88. The lowest BCUT2D eigenvalue weighted by Gasteiger charge is -2.27. The standard InChI is InChI=1S/C19H21N3O8S/c1-12-2-3-14(15(8-12)31(27,28)22-4-6-29-7-5-22)20-18(25)11-30-19(26)13-9-16(23)21-17(24)10-13/h2-3,8-10H,4-7,11H2,1H3,(H,20,25)(H2,21,23,24). The summed E-state index contributed by atoms with van der Waals surface area (Å²) in [5, 5.41) is 11.8. The van der Waals surface area contributed by atoms with Crippen molar-refractivity contribution in [3.63, 3.8) is 0 Å². The van der Waals surface area contributed by atoms with Gasteiger partial charge in [0.05, 0.1) is 24.5 Å². The lowest BCUT2D eigenvalue weighted by atomic mass is 10.2. The van der Waals surface area contributed by atoms with Crippen molar-refractivity contribution in [3.05, 3.63) is 51.8 Å². The molecule has 1 aromatic heterocycles. The van der Waals surface area contributed by atoms with Gasteiger partial charge in [-0.2, -0.15) is 4.31 Å². The number of nitrogens with one attached hydrogen (secondary N) is 2. The van der Waals surface area contributed by atoms with Crippen LogP contribution in [-0.2, 0) is 24.3 Å². The van der Waals surface area contributed by atoms with Gasteiger partial charge in [-0.15, -0.1) is 0 Å². The number of hydrogen-bond acceptors (Lipinski definition) is 8. The summed E-state index contributed by atoms with van der Waals surface area (Å²) in [6.45, 7) is 1.95. The molecule has 3 N–H and O–H groups in total. The van der Waals surface area contributed by atoms with Crippen LogP contribution in [0.5, 0.6) is 5.88 Å². The molecule has 1 saturated heterocycles. The van der Waals surface area contributed by atoms with Crippen LogP contribution in [-0.4, -0.2) is 67.6 Å². The highest BCUT2D eigenvalue weighted by Gasteiger charge is 2.29. The summed E-state index contributed by atoms with van der Waals surface area (Å²) < 4.78 is 37.4. The van der Waals surface area contributed by atoms with Crippen molar-refractivity contribution < 1.29 is 32.6 Å². The second kappa shape index (κ2) is 9.29. The van der Waals surface area contributed by atoms with Crippen LogP contribution in [0, 0.1) is 6.92 Å². The molecule has 0 atom stereocenters. The molecule has 31 heavy (non-hydrogen) atoms.